The zero-order valence-corrected chi connectivity index (χ0v) is 12.3. The Morgan fingerprint density at radius 2 is 2.32 bits per heavy atom. The van der Waals surface area contributed by atoms with Gasteiger partial charge in [-0.25, -0.2) is 4.79 Å². The second-order valence-electron chi connectivity index (χ2n) is 5.36. The molecule has 0 amide bonds. The topological polar surface area (TPSA) is 71.3 Å². The van der Waals surface area contributed by atoms with Crippen molar-refractivity contribution in [2.75, 3.05) is 26.7 Å². The standard InChI is InChI=1S/C13H21N3O2.ClH/c1-13(8-14)5-6-16(9-13)7-10-3-4-11(15-10)12(17)18-2;/h3-4,15H,5-9,14H2,1-2H3;1H. The van der Waals surface area contributed by atoms with Crippen molar-refractivity contribution in [2.45, 2.75) is 19.9 Å². The first-order valence-electron chi connectivity index (χ1n) is 6.25. The normalized spacial score (nSPS) is 23.1. The molecule has 0 spiro atoms. The third-order valence-corrected chi connectivity index (χ3v) is 3.68. The molecule has 1 aromatic heterocycles. The van der Waals surface area contributed by atoms with Gasteiger partial charge in [0.1, 0.15) is 5.69 Å². The number of carbonyl (C=O) groups is 1. The van der Waals surface area contributed by atoms with E-state index >= 15 is 0 Å². The lowest BCUT2D eigenvalue weighted by molar-refractivity contribution is 0.0594. The molecule has 6 heteroatoms. The minimum atomic E-state index is -0.325. The van der Waals surface area contributed by atoms with E-state index in [1.807, 2.05) is 6.07 Å². The number of aromatic nitrogens is 1. The van der Waals surface area contributed by atoms with Crippen LogP contribution in [0.4, 0.5) is 0 Å². The van der Waals surface area contributed by atoms with E-state index in [2.05, 4.69) is 21.5 Å². The number of nitrogens with two attached hydrogens (primary N) is 1. The van der Waals surface area contributed by atoms with E-state index in [0.29, 0.717) is 5.69 Å². The number of halogens is 1. The van der Waals surface area contributed by atoms with Crippen molar-refractivity contribution in [1.82, 2.24) is 9.88 Å². The Morgan fingerprint density at radius 3 is 2.89 bits per heavy atom. The molecular formula is C13H22ClN3O2. The van der Waals surface area contributed by atoms with Crippen LogP contribution in [-0.2, 0) is 11.3 Å². The van der Waals surface area contributed by atoms with E-state index in [1.54, 1.807) is 6.07 Å². The molecule has 1 aromatic rings. The summed E-state index contributed by atoms with van der Waals surface area (Å²) < 4.78 is 4.67. The van der Waals surface area contributed by atoms with Gasteiger partial charge in [-0.05, 0) is 37.1 Å². The molecule has 3 N–H and O–H groups in total. The minimum Gasteiger partial charge on any atom is -0.464 e. The van der Waals surface area contributed by atoms with Gasteiger partial charge in [-0.3, -0.25) is 4.90 Å². The lowest BCUT2D eigenvalue weighted by Crippen LogP contribution is -2.31. The third-order valence-electron chi connectivity index (χ3n) is 3.68. The van der Waals surface area contributed by atoms with Crippen molar-refractivity contribution in [2.24, 2.45) is 11.1 Å². The molecule has 108 valence electrons. The van der Waals surface area contributed by atoms with Gasteiger partial charge in [0.05, 0.1) is 7.11 Å². The van der Waals surface area contributed by atoms with Gasteiger partial charge in [0.2, 0.25) is 0 Å². The molecule has 0 aliphatic carbocycles. The highest BCUT2D eigenvalue weighted by Crippen LogP contribution is 2.29. The van der Waals surface area contributed by atoms with Crippen molar-refractivity contribution >= 4 is 18.4 Å². The zero-order chi connectivity index (χ0) is 13.2. The largest absolute Gasteiger partial charge is 0.464 e. The molecule has 19 heavy (non-hydrogen) atoms. The molecule has 0 aromatic carbocycles. The van der Waals surface area contributed by atoms with Crippen LogP contribution < -0.4 is 5.73 Å². The number of methoxy groups -OCH3 is 1. The van der Waals surface area contributed by atoms with E-state index in [4.69, 9.17) is 5.73 Å². The summed E-state index contributed by atoms with van der Waals surface area (Å²) in [6, 6.07) is 3.70. The molecule has 1 aliphatic heterocycles. The third kappa shape index (κ3) is 3.72. The van der Waals surface area contributed by atoms with Crippen LogP contribution >= 0.6 is 12.4 Å². The van der Waals surface area contributed by atoms with E-state index < -0.39 is 0 Å². The summed E-state index contributed by atoms with van der Waals surface area (Å²) in [5, 5.41) is 0. The summed E-state index contributed by atoms with van der Waals surface area (Å²) in [5.74, 6) is -0.325. The van der Waals surface area contributed by atoms with Crippen LogP contribution in [0.15, 0.2) is 12.1 Å². The van der Waals surface area contributed by atoms with Crippen LogP contribution in [0.1, 0.15) is 29.5 Å². The van der Waals surface area contributed by atoms with Crippen molar-refractivity contribution in [3.63, 3.8) is 0 Å². The highest BCUT2D eigenvalue weighted by Gasteiger charge is 2.32. The second-order valence-corrected chi connectivity index (χ2v) is 5.36. The molecular weight excluding hydrogens is 266 g/mol. The maximum Gasteiger partial charge on any atom is 0.354 e. The van der Waals surface area contributed by atoms with Crippen LogP contribution in [0.3, 0.4) is 0 Å². The average Bonchev–Trinajstić information content (AvgIpc) is 2.97. The predicted molar refractivity (Wildman–Crippen MR) is 76.4 cm³/mol. The van der Waals surface area contributed by atoms with Crippen molar-refractivity contribution < 1.29 is 9.53 Å². The average molecular weight is 288 g/mol. The molecule has 1 unspecified atom stereocenters. The first-order valence-corrected chi connectivity index (χ1v) is 6.25. The Labute approximate surface area is 119 Å². The summed E-state index contributed by atoms with van der Waals surface area (Å²) >= 11 is 0. The monoisotopic (exact) mass is 287 g/mol. The fraction of sp³-hybridized carbons (Fsp3) is 0.615. The van der Waals surface area contributed by atoms with Gasteiger partial charge in [-0.1, -0.05) is 6.92 Å². The Balaban J connectivity index is 0.00000180. The van der Waals surface area contributed by atoms with Crippen molar-refractivity contribution in [3.05, 3.63) is 23.5 Å². The van der Waals surface area contributed by atoms with Gasteiger partial charge in [0.25, 0.3) is 0 Å². The zero-order valence-electron chi connectivity index (χ0n) is 11.4. The second kappa shape index (κ2) is 6.41. The van der Waals surface area contributed by atoms with Gasteiger partial charge >= 0.3 is 5.97 Å². The lowest BCUT2D eigenvalue weighted by atomic mass is 9.90. The molecule has 1 fully saturated rings. The van der Waals surface area contributed by atoms with Crippen LogP contribution in [0.25, 0.3) is 0 Å². The summed E-state index contributed by atoms with van der Waals surface area (Å²) in [5.41, 5.74) is 7.57. The van der Waals surface area contributed by atoms with Gasteiger partial charge in [0, 0.05) is 18.8 Å². The maximum absolute atomic E-state index is 11.3. The van der Waals surface area contributed by atoms with Gasteiger partial charge in [0.15, 0.2) is 0 Å². The Hall–Kier alpha value is -1.04. The van der Waals surface area contributed by atoms with Gasteiger partial charge in [-0.2, -0.15) is 0 Å². The van der Waals surface area contributed by atoms with Gasteiger partial charge in [-0.15, -0.1) is 12.4 Å². The van der Waals surface area contributed by atoms with E-state index in [9.17, 15) is 4.79 Å². The molecule has 5 nitrogen and oxygen atoms in total. The van der Waals surface area contributed by atoms with Crippen LogP contribution in [0, 0.1) is 5.41 Å². The summed E-state index contributed by atoms with van der Waals surface area (Å²) in [7, 11) is 1.38. The first kappa shape index (κ1) is 16.0. The first-order chi connectivity index (χ1) is 8.56. The Kier molecular flexibility index (Phi) is 5.40. The molecule has 1 atom stereocenters. The Morgan fingerprint density at radius 1 is 1.58 bits per heavy atom. The summed E-state index contributed by atoms with van der Waals surface area (Å²) in [4.78, 5) is 16.8. The molecule has 2 rings (SSSR count). The number of likely N-dealkylation sites (tertiary alicyclic amines) is 1. The quantitative estimate of drug-likeness (QED) is 0.821. The van der Waals surface area contributed by atoms with Crippen LogP contribution in [-0.4, -0.2) is 42.6 Å². The maximum atomic E-state index is 11.3. The number of carbonyl (C=O) groups excluding carboxylic acids is 1. The predicted octanol–water partition coefficient (Wildman–Crippen LogP) is 1.39. The number of hydrogen-bond acceptors (Lipinski definition) is 4. The van der Waals surface area contributed by atoms with Crippen LogP contribution in [0.2, 0.25) is 0 Å². The number of H-pyrrole nitrogens is 1. The van der Waals surface area contributed by atoms with E-state index in [-0.39, 0.29) is 23.8 Å². The molecule has 2 heterocycles. The number of rotatable bonds is 4. The summed E-state index contributed by atoms with van der Waals surface area (Å²) in [6.07, 6.45) is 1.13. The number of nitrogens with one attached hydrogen (secondary N) is 1. The minimum absolute atomic E-state index is 0. The molecule has 0 bridgehead atoms. The fourth-order valence-electron chi connectivity index (χ4n) is 2.43. The number of esters is 1. The SMILES string of the molecule is COC(=O)c1ccc(CN2CCC(C)(CN)C2)[nH]1.Cl. The number of hydrogen-bond donors (Lipinski definition) is 2. The van der Waals surface area contributed by atoms with Crippen molar-refractivity contribution in [3.8, 4) is 0 Å². The lowest BCUT2D eigenvalue weighted by Gasteiger charge is -2.22. The van der Waals surface area contributed by atoms with Crippen molar-refractivity contribution in [1.29, 1.82) is 0 Å². The number of aromatic amines is 1. The van der Waals surface area contributed by atoms with Gasteiger partial charge < -0.3 is 15.5 Å². The molecule has 0 saturated carbocycles. The van der Waals surface area contributed by atoms with Crippen LogP contribution in [0.5, 0.6) is 0 Å². The van der Waals surface area contributed by atoms with E-state index in [1.165, 1.54) is 7.11 Å². The number of ether oxygens (including phenoxy) is 1. The molecule has 0 radical (unpaired) electrons. The molecule has 1 aliphatic rings. The fourth-order valence-corrected chi connectivity index (χ4v) is 2.43. The highest BCUT2D eigenvalue weighted by molar-refractivity contribution is 5.87. The smallest absolute Gasteiger partial charge is 0.354 e. The molecule has 1 saturated heterocycles. The van der Waals surface area contributed by atoms with E-state index in [0.717, 1.165) is 38.3 Å². The number of nitrogens with zero attached hydrogens (tertiary/aromatic N) is 1. The highest BCUT2D eigenvalue weighted by atomic mass is 35.5. The Bertz CT molecular complexity index is 435. The summed E-state index contributed by atoms with van der Waals surface area (Å²) in [6.45, 7) is 5.84.